The maximum absolute atomic E-state index is 12.4. The van der Waals surface area contributed by atoms with Gasteiger partial charge >= 0.3 is 12.1 Å². The summed E-state index contributed by atoms with van der Waals surface area (Å²) < 4.78 is 37.2. The van der Waals surface area contributed by atoms with Crippen LogP contribution in [-0.4, -0.2) is 29.2 Å². The molecule has 1 aliphatic carbocycles. The van der Waals surface area contributed by atoms with Crippen LogP contribution in [0.3, 0.4) is 0 Å². The van der Waals surface area contributed by atoms with Crippen molar-refractivity contribution in [2.24, 2.45) is 5.92 Å². The number of hydrogen-bond donors (Lipinski definition) is 2. The number of alkyl halides is 3. The molecular formula is C18H16F3NO3. The van der Waals surface area contributed by atoms with Gasteiger partial charge in [0.25, 0.3) is 0 Å². The molecule has 1 fully saturated rings. The van der Waals surface area contributed by atoms with E-state index in [0.29, 0.717) is 6.42 Å². The molecule has 3 atom stereocenters. The highest BCUT2D eigenvalue weighted by Gasteiger charge is 2.46. The highest BCUT2D eigenvalue weighted by Crippen LogP contribution is 2.48. The number of rotatable bonds is 5. The predicted octanol–water partition coefficient (Wildman–Crippen LogP) is 3.47. The Morgan fingerprint density at radius 3 is 2.48 bits per heavy atom. The van der Waals surface area contributed by atoms with Crippen LogP contribution < -0.4 is 5.32 Å². The first-order valence-corrected chi connectivity index (χ1v) is 7.83. The van der Waals surface area contributed by atoms with E-state index in [1.54, 1.807) is 0 Å². The summed E-state index contributed by atoms with van der Waals surface area (Å²) in [5.74, 6) is -2.91. The number of carbonyl (C=O) groups excluding carboxylic acids is 1. The molecule has 2 aromatic carbocycles. The number of carboxylic acid groups (broad SMARTS) is 1. The normalized spacial score (nSPS) is 20.9. The maximum atomic E-state index is 12.4. The molecule has 1 saturated carbocycles. The zero-order valence-electron chi connectivity index (χ0n) is 13.1. The smallest absolute Gasteiger partial charge is 0.391 e. The second-order valence-electron chi connectivity index (χ2n) is 6.27. The number of amides is 1. The topological polar surface area (TPSA) is 66.4 Å². The fourth-order valence-electron chi connectivity index (χ4n) is 3.00. The summed E-state index contributed by atoms with van der Waals surface area (Å²) in [6.45, 7) is 0. The molecule has 132 valence electrons. The van der Waals surface area contributed by atoms with E-state index in [1.807, 2.05) is 47.8 Å². The van der Waals surface area contributed by atoms with Crippen molar-refractivity contribution < 1.29 is 27.9 Å². The van der Waals surface area contributed by atoms with Gasteiger partial charge in [-0.1, -0.05) is 42.5 Å². The SMILES string of the molecule is O=C(O)C(CC(F)(F)F)NC(=O)C1CC1c1ccc2ccccc2c1. The lowest BCUT2D eigenvalue weighted by molar-refractivity contribution is -0.160. The molecule has 0 aromatic heterocycles. The van der Waals surface area contributed by atoms with Gasteiger partial charge in [-0.15, -0.1) is 0 Å². The Bertz CT molecular complexity index is 819. The summed E-state index contributed by atoms with van der Waals surface area (Å²) >= 11 is 0. The average molecular weight is 351 g/mol. The maximum Gasteiger partial charge on any atom is 0.391 e. The minimum absolute atomic E-state index is 0.0927. The van der Waals surface area contributed by atoms with Gasteiger partial charge < -0.3 is 10.4 Å². The van der Waals surface area contributed by atoms with E-state index in [-0.39, 0.29) is 5.92 Å². The van der Waals surface area contributed by atoms with Gasteiger partial charge in [0.15, 0.2) is 0 Å². The van der Waals surface area contributed by atoms with Crippen LogP contribution in [0.2, 0.25) is 0 Å². The summed E-state index contributed by atoms with van der Waals surface area (Å²) in [5, 5.41) is 13.0. The van der Waals surface area contributed by atoms with Crippen LogP contribution in [-0.2, 0) is 9.59 Å². The minimum Gasteiger partial charge on any atom is -0.480 e. The van der Waals surface area contributed by atoms with Crippen molar-refractivity contribution in [2.45, 2.75) is 31.0 Å². The summed E-state index contributed by atoms with van der Waals surface area (Å²) in [5.41, 5.74) is 0.932. The largest absolute Gasteiger partial charge is 0.480 e. The van der Waals surface area contributed by atoms with Gasteiger partial charge in [0.1, 0.15) is 6.04 Å². The standard InChI is InChI=1S/C18H16F3NO3/c19-18(20,21)9-15(17(24)25)22-16(23)14-8-13(14)12-6-5-10-3-1-2-4-11(10)7-12/h1-7,13-15H,8-9H2,(H,22,23)(H,24,25). The number of aliphatic carboxylic acids is 1. The second kappa shape index (κ2) is 6.38. The summed E-state index contributed by atoms with van der Waals surface area (Å²) in [6, 6.07) is 11.6. The number of carbonyl (C=O) groups is 2. The van der Waals surface area contributed by atoms with Crippen LogP contribution >= 0.6 is 0 Å². The Morgan fingerprint density at radius 1 is 1.16 bits per heavy atom. The van der Waals surface area contributed by atoms with Gasteiger partial charge in [-0.3, -0.25) is 4.79 Å². The number of nitrogens with one attached hydrogen (secondary N) is 1. The van der Waals surface area contributed by atoms with Crippen molar-refractivity contribution in [1.29, 1.82) is 0 Å². The highest BCUT2D eigenvalue weighted by atomic mass is 19.4. The van der Waals surface area contributed by atoms with Crippen molar-refractivity contribution in [2.75, 3.05) is 0 Å². The van der Waals surface area contributed by atoms with Crippen LogP contribution in [0.5, 0.6) is 0 Å². The van der Waals surface area contributed by atoms with E-state index in [0.717, 1.165) is 16.3 Å². The van der Waals surface area contributed by atoms with Gasteiger partial charge in [0.05, 0.1) is 6.42 Å². The van der Waals surface area contributed by atoms with Crippen LogP contribution in [0.25, 0.3) is 10.8 Å². The van der Waals surface area contributed by atoms with Crippen molar-refractivity contribution in [3.05, 3.63) is 48.0 Å². The summed E-state index contributed by atoms with van der Waals surface area (Å²) in [4.78, 5) is 23.1. The molecule has 3 rings (SSSR count). The van der Waals surface area contributed by atoms with Crippen LogP contribution in [0.4, 0.5) is 13.2 Å². The molecule has 0 radical (unpaired) electrons. The lowest BCUT2D eigenvalue weighted by Gasteiger charge is -2.16. The molecule has 7 heteroatoms. The molecule has 1 aliphatic rings. The van der Waals surface area contributed by atoms with E-state index in [4.69, 9.17) is 5.11 Å². The van der Waals surface area contributed by atoms with Crippen molar-refractivity contribution >= 4 is 22.6 Å². The molecule has 0 aliphatic heterocycles. The first kappa shape index (κ1) is 17.3. The van der Waals surface area contributed by atoms with Gasteiger partial charge in [-0.05, 0) is 28.7 Å². The fourth-order valence-corrected chi connectivity index (χ4v) is 3.00. The van der Waals surface area contributed by atoms with Crippen LogP contribution in [0.15, 0.2) is 42.5 Å². The average Bonchev–Trinajstić information content (AvgIpc) is 3.33. The Labute approximate surface area is 141 Å². The molecular weight excluding hydrogens is 335 g/mol. The van der Waals surface area contributed by atoms with Crippen molar-refractivity contribution in [3.63, 3.8) is 0 Å². The molecule has 3 unspecified atom stereocenters. The Hall–Kier alpha value is -2.57. The first-order chi connectivity index (χ1) is 11.7. The second-order valence-corrected chi connectivity index (χ2v) is 6.27. The third kappa shape index (κ3) is 4.10. The number of halogens is 3. The minimum atomic E-state index is -4.66. The predicted molar refractivity (Wildman–Crippen MR) is 85.0 cm³/mol. The van der Waals surface area contributed by atoms with Crippen LogP contribution in [0, 0.1) is 5.92 Å². The Morgan fingerprint density at radius 2 is 1.84 bits per heavy atom. The van der Waals surface area contributed by atoms with E-state index in [9.17, 15) is 22.8 Å². The highest BCUT2D eigenvalue weighted by molar-refractivity contribution is 5.88. The zero-order chi connectivity index (χ0) is 18.2. The van der Waals surface area contributed by atoms with Crippen molar-refractivity contribution in [3.8, 4) is 0 Å². The monoisotopic (exact) mass is 351 g/mol. The number of hydrogen-bond acceptors (Lipinski definition) is 2. The van der Waals surface area contributed by atoms with Gasteiger partial charge in [0, 0.05) is 5.92 Å². The molecule has 4 nitrogen and oxygen atoms in total. The van der Waals surface area contributed by atoms with E-state index < -0.39 is 36.4 Å². The third-order valence-electron chi connectivity index (χ3n) is 4.38. The third-order valence-corrected chi connectivity index (χ3v) is 4.38. The molecule has 2 aromatic rings. The lowest BCUT2D eigenvalue weighted by atomic mass is 10.0. The van der Waals surface area contributed by atoms with E-state index in [1.165, 1.54) is 0 Å². The first-order valence-electron chi connectivity index (χ1n) is 7.83. The molecule has 0 spiro atoms. The fraction of sp³-hybridized carbons (Fsp3) is 0.333. The lowest BCUT2D eigenvalue weighted by Crippen LogP contribution is -2.44. The zero-order valence-corrected chi connectivity index (χ0v) is 13.1. The number of carboxylic acids is 1. The molecule has 2 N–H and O–H groups in total. The quantitative estimate of drug-likeness (QED) is 0.867. The van der Waals surface area contributed by atoms with Gasteiger partial charge in [0.2, 0.25) is 5.91 Å². The van der Waals surface area contributed by atoms with Crippen molar-refractivity contribution in [1.82, 2.24) is 5.32 Å². The number of fused-ring (bicyclic) bond motifs is 1. The van der Waals surface area contributed by atoms with E-state index >= 15 is 0 Å². The number of benzene rings is 2. The molecule has 1 amide bonds. The molecule has 0 bridgehead atoms. The summed E-state index contributed by atoms with van der Waals surface area (Å²) in [6.07, 6.45) is -5.73. The molecule has 25 heavy (non-hydrogen) atoms. The van der Waals surface area contributed by atoms with E-state index in [2.05, 4.69) is 0 Å². The molecule has 0 saturated heterocycles. The summed E-state index contributed by atoms with van der Waals surface area (Å²) in [7, 11) is 0. The van der Waals surface area contributed by atoms with Gasteiger partial charge in [-0.25, -0.2) is 4.79 Å². The van der Waals surface area contributed by atoms with Crippen LogP contribution in [0.1, 0.15) is 24.3 Å². The Balaban J connectivity index is 1.67. The van der Waals surface area contributed by atoms with Gasteiger partial charge in [-0.2, -0.15) is 13.2 Å². The molecule has 0 heterocycles. The Kier molecular flexibility index (Phi) is 4.41.